The summed E-state index contributed by atoms with van der Waals surface area (Å²) >= 11 is 3.40. The lowest BCUT2D eigenvalue weighted by atomic mass is 10.2. The highest BCUT2D eigenvalue weighted by atomic mass is 79.9. The first-order chi connectivity index (χ1) is 11.2. The van der Waals surface area contributed by atoms with Gasteiger partial charge in [0.1, 0.15) is 5.82 Å². The lowest BCUT2D eigenvalue weighted by Crippen LogP contribution is -2.11. The van der Waals surface area contributed by atoms with Crippen LogP contribution in [0.3, 0.4) is 0 Å². The summed E-state index contributed by atoms with van der Waals surface area (Å²) in [6.07, 6.45) is 1.63. The molecule has 0 atom stereocenters. The van der Waals surface area contributed by atoms with Crippen molar-refractivity contribution in [3.8, 4) is 0 Å². The first-order valence-electron chi connectivity index (χ1n) is 7.06. The highest BCUT2D eigenvalue weighted by Crippen LogP contribution is 2.19. The van der Waals surface area contributed by atoms with Crippen LogP contribution in [0.1, 0.15) is 10.4 Å². The van der Waals surface area contributed by atoms with Crippen molar-refractivity contribution in [3.05, 3.63) is 83.0 Å². The van der Waals surface area contributed by atoms with E-state index in [0.29, 0.717) is 17.1 Å². The van der Waals surface area contributed by atoms with Crippen LogP contribution in [0.5, 0.6) is 0 Å². The number of nitrogens with zero attached hydrogens (tertiary/aromatic N) is 1. The molecule has 0 bridgehead atoms. The molecular weight excluding hydrogens is 354 g/mol. The van der Waals surface area contributed by atoms with E-state index in [4.69, 9.17) is 0 Å². The summed E-state index contributed by atoms with van der Waals surface area (Å²) in [6.45, 7) is 0. The average Bonchev–Trinajstić information content (AvgIpc) is 2.59. The Morgan fingerprint density at radius 3 is 2.22 bits per heavy atom. The summed E-state index contributed by atoms with van der Waals surface area (Å²) in [4.78, 5) is 16.4. The number of amides is 1. The van der Waals surface area contributed by atoms with Gasteiger partial charge in [0.05, 0.1) is 11.9 Å². The van der Waals surface area contributed by atoms with Crippen molar-refractivity contribution in [1.29, 1.82) is 0 Å². The number of aromatic nitrogens is 1. The Bertz CT molecular complexity index is 787. The molecule has 0 saturated heterocycles. The first kappa shape index (κ1) is 15.2. The molecule has 0 spiro atoms. The Labute approximate surface area is 142 Å². The second-order valence-electron chi connectivity index (χ2n) is 4.88. The number of hydrogen-bond acceptors (Lipinski definition) is 3. The van der Waals surface area contributed by atoms with Crippen LogP contribution in [-0.4, -0.2) is 10.9 Å². The van der Waals surface area contributed by atoms with Crippen LogP contribution in [0.2, 0.25) is 0 Å². The molecule has 2 aromatic carbocycles. The lowest BCUT2D eigenvalue weighted by Gasteiger charge is -2.08. The average molecular weight is 368 g/mol. The molecule has 0 radical (unpaired) electrons. The minimum absolute atomic E-state index is 0.152. The molecule has 1 amide bonds. The first-order valence-corrected chi connectivity index (χ1v) is 7.85. The van der Waals surface area contributed by atoms with Crippen molar-refractivity contribution in [2.75, 3.05) is 10.6 Å². The summed E-state index contributed by atoms with van der Waals surface area (Å²) in [5, 5.41) is 6.02. The Kier molecular flexibility index (Phi) is 4.68. The van der Waals surface area contributed by atoms with Crippen LogP contribution in [0, 0.1) is 0 Å². The topological polar surface area (TPSA) is 54.0 Å². The van der Waals surface area contributed by atoms with Crippen LogP contribution < -0.4 is 10.6 Å². The van der Waals surface area contributed by atoms with E-state index in [1.807, 2.05) is 54.6 Å². The fourth-order valence-corrected chi connectivity index (χ4v) is 2.28. The molecule has 0 fully saturated rings. The molecule has 4 nitrogen and oxygen atoms in total. The molecule has 1 heterocycles. The molecule has 5 heteroatoms. The third-order valence-corrected chi connectivity index (χ3v) is 3.70. The Morgan fingerprint density at radius 1 is 0.870 bits per heavy atom. The maximum atomic E-state index is 12.1. The zero-order valence-corrected chi connectivity index (χ0v) is 13.7. The molecule has 2 N–H and O–H groups in total. The van der Waals surface area contributed by atoms with Gasteiger partial charge in [0.15, 0.2) is 0 Å². The van der Waals surface area contributed by atoms with E-state index in [0.717, 1.165) is 10.2 Å². The fourth-order valence-electron chi connectivity index (χ4n) is 2.02. The number of halogens is 1. The van der Waals surface area contributed by atoms with Gasteiger partial charge in [-0.1, -0.05) is 34.1 Å². The van der Waals surface area contributed by atoms with E-state index in [9.17, 15) is 4.79 Å². The predicted octanol–water partition coefficient (Wildman–Crippen LogP) is 4.84. The van der Waals surface area contributed by atoms with E-state index in [1.54, 1.807) is 18.3 Å². The SMILES string of the molecule is O=C(Nc1ccc(Nc2ccc(Br)cc2)nc1)c1ccccc1. The number of hydrogen-bond donors (Lipinski definition) is 2. The molecule has 3 aromatic rings. The number of carbonyl (C=O) groups excluding carboxylic acids is 1. The van der Waals surface area contributed by atoms with Crippen LogP contribution >= 0.6 is 15.9 Å². The number of anilines is 3. The summed E-state index contributed by atoms with van der Waals surface area (Å²) in [5.41, 5.74) is 2.21. The number of carbonyl (C=O) groups is 1. The molecule has 0 unspecified atom stereocenters. The minimum Gasteiger partial charge on any atom is -0.340 e. The fraction of sp³-hybridized carbons (Fsp3) is 0. The van der Waals surface area contributed by atoms with Gasteiger partial charge >= 0.3 is 0 Å². The standard InChI is InChI=1S/C18H14BrN3O/c19-14-6-8-15(9-7-14)21-17-11-10-16(12-20-17)22-18(23)13-4-2-1-3-5-13/h1-12H,(H,20,21)(H,22,23). The number of pyridine rings is 1. The second-order valence-corrected chi connectivity index (χ2v) is 5.80. The largest absolute Gasteiger partial charge is 0.340 e. The molecule has 0 aliphatic rings. The number of benzene rings is 2. The Morgan fingerprint density at radius 2 is 1.57 bits per heavy atom. The van der Waals surface area contributed by atoms with Gasteiger partial charge in [-0.3, -0.25) is 4.79 Å². The van der Waals surface area contributed by atoms with Crippen molar-refractivity contribution in [3.63, 3.8) is 0 Å². The van der Waals surface area contributed by atoms with Gasteiger partial charge in [-0.25, -0.2) is 4.98 Å². The third kappa shape index (κ3) is 4.17. The van der Waals surface area contributed by atoms with Crippen LogP contribution in [0.4, 0.5) is 17.2 Å². The normalized spacial score (nSPS) is 10.1. The van der Waals surface area contributed by atoms with Gasteiger partial charge in [-0.05, 0) is 48.5 Å². The highest BCUT2D eigenvalue weighted by molar-refractivity contribution is 9.10. The Hall–Kier alpha value is -2.66. The zero-order valence-electron chi connectivity index (χ0n) is 12.2. The lowest BCUT2D eigenvalue weighted by molar-refractivity contribution is 0.102. The van der Waals surface area contributed by atoms with Crippen molar-refractivity contribution < 1.29 is 4.79 Å². The highest BCUT2D eigenvalue weighted by Gasteiger charge is 2.05. The van der Waals surface area contributed by atoms with Gasteiger partial charge in [0.2, 0.25) is 0 Å². The van der Waals surface area contributed by atoms with Crippen LogP contribution in [0.15, 0.2) is 77.4 Å². The van der Waals surface area contributed by atoms with Crippen LogP contribution in [0.25, 0.3) is 0 Å². The molecular formula is C18H14BrN3O. The molecule has 0 saturated carbocycles. The van der Waals surface area contributed by atoms with Crippen molar-refractivity contribution in [2.24, 2.45) is 0 Å². The number of rotatable bonds is 4. The molecule has 23 heavy (non-hydrogen) atoms. The van der Waals surface area contributed by atoms with E-state index >= 15 is 0 Å². The number of nitrogens with one attached hydrogen (secondary N) is 2. The van der Waals surface area contributed by atoms with E-state index in [-0.39, 0.29) is 5.91 Å². The van der Waals surface area contributed by atoms with E-state index in [2.05, 4.69) is 31.5 Å². The third-order valence-electron chi connectivity index (χ3n) is 3.17. The summed E-state index contributed by atoms with van der Waals surface area (Å²) < 4.78 is 1.02. The van der Waals surface area contributed by atoms with E-state index < -0.39 is 0 Å². The predicted molar refractivity (Wildman–Crippen MR) is 96.1 cm³/mol. The second kappa shape index (κ2) is 7.07. The van der Waals surface area contributed by atoms with Gasteiger partial charge < -0.3 is 10.6 Å². The quantitative estimate of drug-likeness (QED) is 0.693. The maximum absolute atomic E-state index is 12.1. The van der Waals surface area contributed by atoms with Crippen LogP contribution in [-0.2, 0) is 0 Å². The van der Waals surface area contributed by atoms with Gasteiger partial charge in [0, 0.05) is 15.7 Å². The summed E-state index contributed by atoms with van der Waals surface area (Å²) in [5.74, 6) is 0.561. The molecule has 1 aromatic heterocycles. The van der Waals surface area contributed by atoms with Gasteiger partial charge in [0.25, 0.3) is 5.91 Å². The summed E-state index contributed by atoms with van der Waals surface area (Å²) in [7, 11) is 0. The van der Waals surface area contributed by atoms with Crippen molar-refractivity contribution >= 4 is 39.0 Å². The smallest absolute Gasteiger partial charge is 0.255 e. The maximum Gasteiger partial charge on any atom is 0.255 e. The van der Waals surface area contributed by atoms with Crippen molar-refractivity contribution in [1.82, 2.24) is 4.98 Å². The van der Waals surface area contributed by atoms with Crippen molar-refractivity contribution in [2.45, 2.75) is 0 Å². The van der Waals surface area contributed by atoms with Gasteiger partial charge in [-0.2, -0.15) is 0 Å². The molecule has 114 valence electrons. The monoisotopic (exact) mass is 367 g/mol. The molecule has 0 aliphatic carbocycles. The minimum atomic E-state index is -0.152. The van der Waals surface area contributed by atoms with Gasteiger partial charge in [-0.15, -0.1) is 0 Å². The van der Waals surface area contributed by atoms with E-state index in [1.165, 1.54) is 0 Å². The molecule has 3 rings (SSSR count). The molecule has 0 aliphatic heterocycles. The zero-order chi connectivity index (χ0) is 16.1. The summed E-state index contributed by atoms with van der Waals surface area (Å²) in [6, 6.07) is 20.5. The Balaban J connectivity index is 1.65.